The van der Waals surface area contributed by atoms with Gasteiger partial charge in [-0.1, -0.05) is 48.5 Å². The van der Waals surface area contributed by atoms with Crippen molar-refractivity contribution in [3.63, 3.8) is 0 Å². The van der Waals surface area contributed by atoms with Crippen molar-refractivity contribution in [3.05, 3.63) is 95.3 Å². The molecule has 0 aliphatic heterocycles. The molecule has 0 spiro atoms. The summed E-state index contributed by atoms with van der Waals surface area (Å²) in [6.07, 6.45) is 1.14. The summed E-state index contributed by atoms with van der Waals surface area (Å²) in [5, 5.41) is 2.99. The van der Waals surface area contributed by atoms with E-state index >= 15 is 0 Å². The van der Waals surface area contributed by atoms with Gasteiger partial charge >= 0.3 is 0 Å². The molecule has 0 unspecified atom stereocenters. The summed E-state index contributed by atoms with van der Waals surface area (Å²) in [5.41, 5.74) is 2.36. The SMILES string of the molecule is COc1ccc(CC(=O)N(Cc2ccc(F)cc2)[C@H](Cc2ccccc2)C(=O)NCCCOC(C)C)cc1OC. The second-order valence-electron chi connectivity index (χ2n) is 9.78. The average molecular weight is 551 g/mol. The highest BCUT2D eigenvalue weighted by Crippen LogP contribution is 2.28. The molecule has 0 aromatic heterocycles. The van der Waals surface area contributed by atoms with Gasteiger partial charge in [0.2, 0.25) is 11.8 Å². The number of rotatable bonds is 15. The van der Waals surface area contributed by atoms with Crippen LogP contribution < -0.4 is 14.8 Å². The van der Waals surface area contributed by atoms with Crippen molar-refractivity contribution in [3.8, 4) is 11.5 Å². The van der Waals surface area contributed by atoms with Crippen LogP contribution in [-0.4, -0.2) is 56.2 Å². The van der Waals surface area contributed by atoms with Crippen LogP contribution in [0.25, 0.3) is 0 Å². The number of ether oxygens (including phenoxy) is 3. The minimum absolute atomic E-state index is 0.0440. The Morgan fingerprint density at radius 2 is 1.55 bits per heavy atom. The molecule has 0 aliphatic rings. The molecule has 0 heterocycles. The summed E-state index contributed by atoms with van der Waals surface area (Å²) in [7, 11) is 3.09. The second-order valence-corrected chi connectivity index (χ2v) is 9.78. The van der Waals surface area contributed by atoms with E-state index in [0.717, 1.165) is 16.7 Å². The molecule has 214 valence electrons. The molecule has 1 atom stereocenters. The number of nitrogens with zero attached hydrogens (tertiary/aromatic N) is 1. The van der Waals surface area contributed by atoms with Gasteiger partial charge in [-0.2, -0.15) is 0 Å². The van der Waals surface area contributed by atoms with Gasteiger partial charge in [-0.3, -0.25) is 9.59 Å². The monoisotopic (exact) mass is 550 g/mol. The Kier molecular flexibility index (Phi) is 12.0. The molecule has 1 N–H and O–H groups in total. The van der Waals surface area contributed by atoms with E-state index in [4.69, 9.17) is 14.2 Å². The molecule has 0 saturated carbocycles. The normalized spacial score (nSPS) is 11.7. The summed E-state index contributed by atoms with van der Waals surface area (Å²) >= 11 is 0. The summed E-state index contributed by atoms with van der Waals surface area (Å²) < 4.78 is 30.0. The highest BCUT2D eigenvalue weighted by atomic mass is 19.1. The predicted molar refractivity (Wildman–Crippen MR) is 153 cm³/mol. The summed E-state index contributed by atoms with van der Waals surface area (Å²) in [6, 6.07) is 20.1. The van der Waals surface area contributed by atoms with Crippen molar-refractivity contribution in [1.29, 1.82) is 0 Å². The smallest absolute Gasteiger partial charge is 0.243 e. The van der Waals surface area contributed by atoms with E-state index in [1.807, 2.05) is 44.2 Å². The zero-order chi connectivity index (χ0) is 28.9. The van der Waals surface area contributed by atoms with Crippen molar-refractivity contribution in [1.82, 2.24) is 10.2 Å². The van der Waals surface area contributed by atoms with Crippen LogP contribution in [0.5, 0.6) is 11.5 Å². The lowest BCUT2D eigenvalue weighted by Crippen LogP contribution is -2.51. The first-order valence-corrected chi connectivity index (χ1v) is 13.5. The number of halogens is 1. The Morgan fingerprint density at radius 1 is 0.875 bits per heavy atom. The van der Waals surface area contributed by atoms with Crippen LogP contribution >= 0.6 is 0 Å². The molecule has 0 aliphatic carbocycles. The molecule has 7 nitrogen and oxygen atoms in total. The number of hydrogen-bond donors (Lipinski definition) is 1. The first-order valence-electron chi connectivity index (χ1n) is 13.5. The summed E-state index contributed by atoms with van der Waals surface area (Å²) in [5.74, 6) is 0.214. The van der Waals surface area contributed by atoms with Crippen molar-refractivity contribution in [2.45, 2.75) is 51.8 Å². The van der Waals surface area contributed by atoms with Crippen LogP contribution in [0.1, 0.15) is 37.0 Å². The molecule has 0 fully saturated rings. The standard InChI is InChI=1S/C32H39FN2O5/c1-23(2)40-18-8-17-34-32(37)28(19-24-9-6-5-7-10-24)35(22-25-11-14-27(33)15-12-25)31(36)21-26-13-16-29(38-3)30(20-26)39-4/h5-7,9-16,20,23,28H,8,17-19,21-22H2,1-4H3,(H,34,37)/t28-/m1/s1. The molecule has 0 radical (unpaired) electrons. The predicted octanol–water partition coefficient (Wildman–Crippen LogP) is 4.96. The molecule has 3 rings (SSSR count). The van der Waals surface area contributed by atoms with E-state index in [0.29, 0.717) is 37.5 Å². The van der Waals surface area contributed by atoms with Gasteiger partial charge in [0.25, 0.3) is 0 Å². The molecule has 2 amide bonds. The lowest BCUT2D eigenvalue weighted by atomic mass is 10.0. The third-order valence-electron chi connectivity index (χ3n) is 6.41. The van der Waals surface area contributed by atoms with Crippen LogP contribution in [-0.2, 0) is 33.7 Å². The van der Waals surface area contributed by atoms with Crippen LogP contribution in [0.15, 0.2) is 72.8 Å². The third kappa shape index (κ3) is 9.38. The van der Waals surface area contributed by atoms with Crippen molar-refractivity contribution in [2.75, 3.05) is 27.4 Å². The second kappa shape index (κ2) is 15.6. The highest BCUT2D eigenvalue weighted by Gasteiger charge is 2.30. The third-order valence-corrected chi connectivity index (χ3v) is 6.41. The molecule has 0 saturated heterocycles. The maximum Gasteiger partial charge on any atom is 0.243 e. The molecular formula is C32H39FN2O5. The van der Waals surface area contributed by atoms with E-state index < -0.39 is 6.04 Å². The number of carbonyl (C=O) groups excluding carboxylic acids is 2. The molecule has 3 aromatic rings. The number of methoxy groups -OCH3 is 2. The first kappa shape index (κ1) is 30.6. The average Bonchev–Trinajstić information content (AvgIpc) is 2.95. The minimum Gasteiger partial charge on any atom is -0.493 e. The van der Waals surface area contributed by atoms with E-state index in [1.54, 1.807) is 42.3 Å². The largest absolute Gasteiger partial charge is 0.493 e. The van der Waals surface area contributed by atoms with Gasteiger partial charge in [-0.15, -0.1) is 0 Å². The van der Waals surface area contributed by atoms with E-state index in [2.05, 4.69) is 5.32 Å². The van der Waals surface area contributed by atoms with Gasteiger partial charge in [0.15, 0.2) is 11.5 Å². The zero-order valence-corrected chi connectivity index (χ0v) is 23.7. The quantitative estimate of drug-likeness (QED) is 0.271. The van der Waals surface area contributed by atoms with Gasteiger partial charge < -0.3 is 24.4 Å². The van der Waals surface area contributed by atoms with Crippen molar-refractivity contribution >= 4 is 11.8 Å². The van der Waals surface area contributed by atoms with Gasteiger partial charge in [0, 0.05) is 26.1 Å². The fraction of sp³-hybridized carbons (Fsp3) is 0.375. The summed E-state index contributed by atoms with van der Waals surface area (Å²) in [4.78, 5) is 29.1. The molecule has 40 heavy (non-hydrogen) atoms. The number of amides is 2. The highest BCUT2D eigenvalue weighted by molar-refractivity contribution is 5.88. The Labute approximate surface area is 236 Å². The fourth-order valence-electron chi connectivity index (χ4n) is 4.33. The zero-order valence-electron chi connectivity index (χ0n) is 23.7. The number of carbonyl (C=O) groups is 2. The number of hydrogen-bond acceptors (Lipinski definition) is 5. The lowest BCUT2D eigenvalue weighted by Gasteiger charge is -2.32. The van der Waals surface area contributed by atoms with Crippen LogP contribution in [0, 0.1) is 5.82 Å². The van der Waals surface area contributed by atoms with E-state index in [-0.39, 0.29) is 36.7 Å². The van der Waals surface area contributed by atoms with Crippen LogP contribution in [0.2, 0.25) is 0 Å². The van der Waals surface area contributed by atoms with E-state index in [9.17, 15) is 14.0 Å². The van der Waals surface area contributed by atoms with Crippen molar-refractivity contribution in [2.24, 2.45) is 0 Å². The summed E-state index contributed by atoms with van der Waals surface area (Å²) in [6.45, 7) is 5.02. The van der Waals surface area contributed by atoms with E-state index in [1.165, 1.54) is 19.2 Å². The van der Waals surface area contributed by atoms with Crippen LogP contribution in [0.3, 0.4) is 0 Å². The maximum atomic E-state index is 13.9. The minimum atomic E-state index is -0.786. The van der Waals surface area contributed by atoms with Gasteiger partial charge in [0.1, 0.15) is 11.9 Å². The van der Waals surface area contributed by atoms with Gasteiger partial charge in [-0.25, -0.2) is 4.39 Å². The number of benzene rings is 3. The molecular weight excluding hydrogens is 511 g/mol. The van der Waals surface area contributed by atoms with Crippen LogP contribution in [0.4, 0.5) is 4.39 Å². The maximum absolute atomic E-state index is 13.9. The topological polar surface area (TPSA) is 77.1 Å². The molecule has 0 bridgehead atoms. The Bertz CT molecular complexity index is 1220. The lowest BCUT2D eigenvalue weighted by molar-refractivity contribution is -0.140. The molecule has 3 aromatic carbocycles. The van der Waals surface area contributed by atoms with Gasteiger partial charge in [-0.05, 0) is 61.2 Å². The fourth-order valence-corrected chi connectivity index (χ4v) is 4.33. The first-order chi connectivity index (χ1) is 19.3. The Balaban J connectivity index is 1.90. The molecule has 8 heteroatoms. The number of nitrogens with one attached hydrogen (secondary N) is 1. The van der Waals surface area contributed by atoms with Crippen molar-refractivity contribution < 1.29 is 28.2 Å². The Morgan fingerprint density at radius 3 is 2.20 bits per heavy atom. The Hall–Kier alpha value is -3.91. The van der Waals surface area contributed by atoms with Gasteiger partial charge in [0.05, 0.1) is 26.7 Å².